The normalized spacial score (nSPS) is 11.1. The molecule has 0 unspecified atom stereocenters. The fraction of sp³-hybridized carbons (Fsp3) is 0.125. The summed E-state index contributed by atoms with van der Waals surface area (Å²) in [6, 6.07) is 3.45. The first-order valence-corrected chi connectivity index (χ1v) is 5.54. The number of hydrazine groups is 1. The molecule has 16 heavy (non-hydrogen) atoms. The monoisotopic (exact) mass is 246 g/mol. The van der Waals surface area contributed by atoms with Gasteiger partial charge in [-0.05, 0) is 18.2 Å². The molecule has 0 atom stereocenters. The Kier molecular flexibility index (Phi) is 3.48. The van der Waals surface area contributed by atoms with Crippen molar-refractivity contribution in [1.82, 2.24) is 4.83 Å². The van der Waals surface area contributed by atoms with Crippen LogP contribution >= 0.6 is 0 Å². The van der Waals surface area contributed by atoms with Crippen molar-refractivity contribution >= 4 is 16.0 Å². The van der Waals surface area contributed by atoms with Gasteiger partial charge in [0.15, 0.2) is 0 Å². The van der Waals surface area contributed by atoms with Crippen LogP contribution in [0.3, 0.4) is 0 Å². The van der Waals surface area contributed by atoms with Crippen LogP contribution in [0.15, 0.2) is 23.1 Å². The second-order valence-corrected chi connectivity index (χ2v) is 4.47. The first-order chi connectivity index (χ1) is 7.42. The Balaban J connectivity index is 3.45. The van der Waals surface area contributed by atoms with E-state index in [0.717, 1.165) is 6.07 Å². The Morgan fingerprint density at radius 1 is 1.50 bits per heavy atom. The second-order valence-electron chi connectivity index (χ2n) is 2.79. The van der Waals surface area contributed by atoms with Gasteiger partial charge in [-0.25, -0.2) is 13.2 Å². The summed E-state index contributed by atoms with van der Waals surface area (Å²) in [5.74, 6) is 3.62. The highest BCUT2D eigenvalue weighted by molar-refractivity contribution is 7.89. The number of aromatic carboxylic acids is 1. The van der Waals surface area contributed by atoms with E-state index in [4.69, 9.17) is 15.7 Å². The molecular formula is C8H10N2O5S. The van der Waals surface area contributed by atoms with Crippen LogP contribution in [0.1, 0.15) is 10.4 Å². The van der Waals surface area contributed by atoms with Gasteiger partial charge in [-0.2, -0.15) is 0 Å². The van der Waals surface area contributed by atoms with E-state index in [0.29, 0.717) is 0 Å². The van der Waals surface area contributed by atoms with E-state index in [1.54, 1.807) is 4.83 Å². The Bertz CT molecular complexity index is 511. The summed E-state index contributed by atoms with van der Waals surface area (Å²) in [5, 5.41) is 8.72. The molecule has 7 nitrogen and oxygen atoms in total. The lowest BCUT2D eigenvalue weighted by Crippen LogP contribution is -2.30. The quantitative estimate of drug-likeness (QED) is 0.489. The van der Waals surface area contributed by atoms with Gasteiger partial charge < -0.3 is 9.84 Å². The van der Waals surface area contributed by atoms with Gasteiger partial charge in [-0.3, -0.25) is 5.84 Å². The molecule has 0 bridgehead atoms. The van der Waals surface area contributed by atoms with E-state index >= 15 is 0 Å². The van der Waals surface area contributed by atoms with Crippen LogP contribution in [-0.4, -0.2) is 26.6 Å². The average Bonchev–Trinajstić information content (AvgIpc) is 2.28. The number of sulfonamides is 1. The van der Waals surface area contributed by atoms with Crippen LogP contribution in [0, 0.1) is 0 Å². The summed E-state index contributed by atoms with van der Waals surface area (Å²) >= 11 is 0. The maximum absolute atomic E-state index is 11.4. The molecule has 1 aromatic carbocycles. The number of carbonyl (C=O) groups is 1. The fourth-order valence-electron chi connectivity index (χ4n) is 1.08. The highest BCUT2D eigenvalue weighted by atomic mass is 32.2. The van der Waals surface area contributed by atoms with E-state index in [-0.39, 0.29) is 16.2 Å². The zero-order valence-electron chi connectivity index (χ0n) is 8.30. The lowest BCUT2D eigenvalue weighted by Gasteiger charge is -2.08. The van der Waals surface area contributed by atoms with Crippen molar-refractivity contribution in [2.75, 3.05) is 7.11 Å². The predicted octanol–water partition coefficient (Wildman–Crippen LogP) is -0.455. The summed E-state index contributed by atoms with van der Waals surface area (Å²) in [5.41, 5.74) is -0.172. The number of hydrogen-bond donors (Lipinski definition) is 3. The molecule has 0 spiro atoms. The fourth-order valence-corrected chi connectivity index (χ4v) is 1.91. The molecule has 0 aliphatic heterocycles. The highest BCUT2D eigenvalue weighted by Crippen LogP contribution is 2.24. The van der Waals surface area contributed by atoms with E-state index in [1.807, 2.05) is 0 Å². The van der Waals surface area contributed by atoms with Crippen LogP contribution in [-0.2, 0) is 10.0 Å². The molecule has 0 saturated heterocycles. The predicted molar refractivity (Wildman–Crippen MR) is 54.5 cm³/mol. The van der Waals surface area contributed by atoms with Gasteiger partial charge in [-0.1, -0.05) is 0 Å². The van der Waals surface area contributed by atoms with Gasteiger partial charge in [0.25, 0.3) is 10.0 Å². The molecule has 0 aliphatic carbocycles. The van der Waals surface area contributed by atoms with Gasteiger partial charge in [0.2, 0.25) is 0 Å². The van der Waals surface area contributed by atoms with Crippen LogP contribution in [0.5, 0.6) is 5.75 Å². The molecule has 88 valence electrons. The number of benzene rings is 1. The molecule has 0 radical (unpaired) electrons. The van der Waals surface area contributed by atoms with E-state index in [1.165, 1.54) is 19.2 Å². The summed E-state index contributed by atoms with van der Waals surface area (Å²) in [6.07, 6.45) is 0. The third-order valence-electron chi connectivity index (χ3n) is 1.86. The van der Waals surface area contributed by atoms with Gasteiger partial charge in [0.1, 0.15) is 10.6 Å². The van der Waals surface area contributed by atoms with E-state index < -0.39 is 16.0 Å². The van der Waals surface area contributed by atoms with Crippen molar-refractivity contribution in [3.8, 4) is 5.75 Å². The van der Waals surface area contributed by atoms with Crippen molar-refractivity contribution in [3.63, 3.8) is 0 Å². The van der Waals surface area contributed by atoms with Gasteiger partial charge in [-0.15, -0.1) is 4.83 Å². The number of methoxy groups -OCH3 is 1. The molecule has 0 amide bonds. The van der Waals surface area contributed by atoms with Gasteiger partial charge in [0, 0.05) is 0 Å². The Hall–Kier alpha value is -1.64. The first kappa shape index (κ1) is 12.4. The van der Waals surface area contributed by atoms with Crippen LogP contribution in [0.25, 0.3) is 0 Å². The second kappa shape index (κ2) is 4.47. The number of ether oxygens (including phenoxy) is 1. The SMILES string of the molecule is COc1ccc(C(=O)O)cc1S(=O)(=O)NN. The van der Waals surface area contributed by atoms with Crippen molar-refractivity contribution in [2.24, 2.45) is 5.84 Å². The largest absolute Gasteiger partial charge is 0.495 e. The molecule has 8 heteroatoms. The van der Waals surface area contributed by atoms with E-state index in [2.05, 4.69) is 0 Å². The number of nitrogens with one attached hydrogen (secondary N) is 1. The third kappa shape index (κ3) is 2.30. The number of rotatable bonds is 4. The highest BCUT2D eigenvalue weighted by Gasteiger charge is 2.20. The molecule has 0 saturated carbocycles. The average molecular weight is 246 g/mol. The molecular weight excluding hydrogens is 236 g/mol. The standard InChI is InChI=1S/C8H10N2O5S/c1-15-6-3-2-5(8(11)12)4-7(6)16(13,14)10-9/h2-4,10H,9H2,1H3,(H,11,12). The number of nitrogens with two attached hydrogens (primary N) is 1. The minimum absolute atomic E-state index is 0.0166. The minimum Gasteiger partial charge on any atom is -0.495 e. The molecule has 1 aromatic rings. The molecule has 0 fully saturated rings. The van der Waals surface area contributed by atoms with Gasteiger partial charge >= 0.3 is 5.97 Å². The summed E-state index contributed by atoms with van der Waals surface area (Å²) in [4.78, 5) is 12.0. The topological polar surface area (TPSA) is 119 Å². The van der Waals surface area contributed by atoms with Crippen LogP contribution < -0.4 is 15.4 Å². The van der Waals surface area contributed by atoms with Crippen molar-refractivity contribution < 1.29 is 23.1 Å². The molecule has 0 aromatic heterocycles. The summed E-state index contributed by atoms with van der Waals surface area (Å²) in [7, 11) is -2.69. The van der Waals surface area contributed by atoms with Crippen LogP contribution in [0.4, 0.5) is 0 Å². The Morgan fingerprint density at radius 2 is 2.12 bits per heavy atom. The molecule has 1 rings (SSSR count). The summed E-state index contributed by atoms with van der Waals surface area (Å²) < 4.78 is 27.7. The molecule has 0 heterocycles. The zero-order valence-corrected chi connectivity index (χ0v) is 9.11. The van der Waals surface area contributed by atoms with Crippen LogP contribution in [0.2, 0.25) is 0 Å². The zero-order chi connectivity index (χ0) is 12.3. The Morgan fingerprint density at radius 3 is 2.56 bits per heavy atom. The number of carboxylic acid groups (broad SMARTS) is 1. The third-order valence-corrected chi connectivity index (χ3v) is 3.06. The molecule has 0 aliphatic rings. The smallest absolute Gasteiger partial charge is 0.335 e. The number of hydrogen-bond acceptors (Lipinski definition) is 5. The van der Waals surface area contributed by atoms with E-state index in [9.17, 15) is 13.2 Å². The lowest BCUT2D eigenvalue weighted by atomic mass is 10.2. The molecule has 4 N–H and O–H groups in total. The van der Waals surface area contributed by atoms with Crippen molar-refractivity contribution in [3.05, 3.63) is 23.8 Å². The number of carboxylic acids is 1. The lowest BCUT2D eigenvalue weighted by molar-refractivity contribution is 0.0696. The van der Waals surface area contributed by atoms with Gasteiger partial charge in [0.05, 0.1) is 12.7 Å². The first-order valence-electron chi connectivity index (χ1n) is 4.06. The maximum Gasteiger partial charge on any atom is 0.335 e. The minimum atomic E-state index is -3.96. The maximum atomic E-state index is 11.4. The van der Waals surface area contributed by atoms with Crippen molar-refractivity contribution in [1.29, 1.82) is 0 Å². The van der Waals surface area contributed by atoms with Crippen molar-refractivity contribution in [2.45, 2.75) is 4.90 Å². The summed E-state index contributed by atoms with van der Waals surface area (Å²) in [6.45, 7) is 0. The Labute approximate surface area is 91.9 Å².